The van der Waals surface area contributed by atoms with Gasteiger partial charge < -0.3 is 15.2 Å². The standard InChI is InChI=1S/C21H21FN6O4S/c1-3-27-18(11-19(29)23-15-8-5-14(22)6-9-15)25-26-21(27)33-12-20(30)24-16-7-4-13(2)17(10-16)28(31)32/h4-10H,3,11-12H2,1-2H3,(H,23,29)(H,24,30). The lowest BCUT2D eigenvalue weighted by atomic mass is 10.2. The van der Waals surface area contributed by atoms with Gasteiger partial charge in [-0.2, -0.15) is 0 Å². The summed E-state index contributed by atoms with van der Waals surface area (Å²) in [5.41, 5.74) is 1.22. The highest BCUT2D eigenvalue weighted by Gasteiger charge is 2.17. The van der Waals surface area contributed by atoms with E-state index in [2.05, 4.69) is 20.8 Å². The van der Waals surface area contributed by atoms with Crippen molar-refractivity contribution in [2.45, 2.75) is 32.0 Å². The van der Waals surface area contributed by atoms with Gasteiger partial charge in [0.25, 0.3) is 5.69 Å². The van der Waals surface area contributed by atoms with Crippen LogP contribution in [0.3, 0.4) is 0 Å². The molecule has 1 aromatic heterocycles. The number of aryl methyl sites for hydroxylation is 1. The normalized spacial score (nSPS) is 10.6. The number of nitro groups is 1. The topological polar surface area (TPSA) is 132 Å². The molecule has 10 nitrogen and oxygen atoms in total. The number of nitrogens with one attached hydrogen (secondary N) is 2. The van der Waals surface area contributed by atoms with E-state index in [1.165, 1.54) is 30.3 Å². The maximum Gasteiger partial charge on any atom is 0.274 e. The van der Waals surface area contributed by atoms with Crippen molar-refractivity contribution in [3.05, 3.63) is 69.8 Å². The van der Waals surface area contributed by atoms with Crippen molar-refractivity contribution in [3.63, 3.8) is 0 Å². The monoisotopic (exact) mass is 472 g/mol. The number of nitro benzene ring substituents is 1. The number of anilines is 2. The number of carbonyl (C=O) groups is 2. The summed E-state index contributed by atoms with van der Waals surface area (Å²) in [5, 5.41) is 24.9. The van der Waals surface area contributed by atoms with Gasteiger partial charge in [-0.3, -0.25) is 19.7 Å². The van der Waals surface area contributed by atoms with E-state index in [0.29, 0.717) is 34.5 Å². The Balaban J connectivity index is 1.59. The molecular formula is C21H21FN6O4S. The second-order valence-electron chi connectivity index (χ2n) is 6.97. The quantitative estimate of drug-likeness (QED) is 0.276. The van der Waals surface area contributed by atoms with Gasteiger partial charge in [0.15, 0.2) is 5.16 Å². The van der Waals surface area contributed by atoms with E-state index in [-0.39, 0.29) is 29.7 Å². The van der Waals surface area contributed by atoms with Gasteiger partial charge in [-0.25, -0.2) is 4.39 Å². The molecule has 2 N–H and O–H groups in total. The summed E-state index contributed by atoms with van der Waals surface area (Å²) in [7, 11) is 0. The van der Waals surface area contributed by atoms with Crippen molar-refractivity contribution in [1.82, 2.24) is 14.8 Å². The summed E-state index contributed by atoms with van der Waals surface area (Å²) in [4.78, 5) is 35.2. The number of carbonyl (C=O) groups excluding carboxylic acids is 2. The molecule has 172 valence electrons. The highest BCUT2D eigenvalue weighted by molar-refractivity contribution is 7.99. The summed E-state index contributed by atoms with van der Waals surface area (Å²) in [6.07, 6.45) is -0.0436. The zero-order valence-electron chi connectivity index (χ0n) is 17.9. The molecule has 0 aliphatic heterocycles. The molecule has 0 atom stereocenters. The van der Waals surface area contributed by atoms with Crippen molar-refractivity contribution in [3.8, 4) is 0 Å². The van der Waals surface area contributed by atoms with E-state index >= 15 is 0 Å². The van der Waals surface area contributed by atoms with Crippen LogP contribution in [0.4, 0.5) is 21.5 Å². The molecule has 0 radical (unpaired) electrons. The summed E-state index contributed by atoms with van der Waals surface area (Å²) < 4.78 is 14.7. The van der Waals surface area contributed by atoms with Crippen molar-refractivity contribution in [1.29, 1.82) is 0 Å². The Hall–Kier alpha value is -3.80. The smallest absolute Gasteiger partial charge is 0.274 e. The zero-order chi connectivity index (χ0) is 24.0. The highest BCUT2D eigenvalue weighted by Crippen LogP contribution is 2.23. The van der Waals surface area contributed by atoms with Gasteiger partial charge in [0.2, 0.25) is 11.8 Å². The molecule has 0 fully saturated rings. The predicted octanol–water partition coefficient (Wildman–Crippen LogP) is 3.57. The number of benzene rings is 2. The molecule has 2 aromatic carbocycles. The van der Waals surface area contributed by atoms with E-state index in [1.54, 1.807) is 23.6 Å². The molecule has 1 heterocycles. The Morgan fingerprint density at radius 1 is 1.09 bits per heavy atom. The first kappa shape index (κ1) is 23.9. The summed E-state index contributed by atoms with van der Waals surface area (Å²) in [6.45, 7) is 3.97. The predicted molar refractivity (Wildman–Crippen MR) is 122 cm³/mol. The first-order valence-electron chi connectivity index (χ1n) is 9.92. The van der Waals surface area contributed by atoms with Crippen molar-refractivity contribution < 1.29 is 18.9 Å². The fourth-order valence-corrected chi connectivity index (χ4v) is 3.79. The maximum atomic E-state index is 13.0. The number of nitrogens with zero attached hydrogens (tertiary/aromatic N) is 4. The van der Waals surface area contributed by atoms with Gasteiger partial charge in [-0.15, -0.1) is 10.2 Å². The average molecular weight is 473 g/mol. The van der Waals surface area contributed by atoms with Gasteiger partial charge >= 0.3 is 0 Å². The van der Waals surface area contributed by atoms with Crippen LogP contribution in [-0.4, -0.2) is 37.3 Å². The van der Waals surface area contributed by atoms with Crippen molar-refractivity contribution in [2.75, 3.05) is 16.4 Å². The van der Waals surface area contributed by atoms with Crippen LogP contribution in [0, 0.1) is 22.9 Å². The number of rotatable bonds is 9. The molecule has 0 bridgehead atoms. The Kier molecular flexibility index (Phi) is 7.72. The molecule has 33 heavy (non-hydrogen) atoms. The Labute approximate surface area is 192 Å². The van der Waals surface area contributed by atoms with Crippen LogP contribution in [0.15, 0.2) is 47.6 Å². The Morgan fingerprint density at radius 3 is 2.42 bits per heavy atom. The molecule has 0 aliphatic rings. The zero-order valence-corrected chi connectivity index (χ0v) is 18.7. The molecule has 12 heteroatoms. The molecule has 3 aromatic rings. The second kappa shape index (κ2) is 10.7. The number of hydrogen-bond donors (Lipinski definition) is 2. The van der Waals surface area contributed by atoms with E-state index in [0.717, 1.165) is 11.8 Å². The van der Waals surface area contributed by atoms with Crippen LogP contribution in [0.1, 0.15) is 18.3 Å². The Morgan fingerprint density at radius 2 is 1.76 bits per heavy atom. The summed E-state index contributed by atoms with van der Waals surface area (Å²) in [5.74, 6) is -0.667. The fraction of sp³-hybridized carbons (Fsp3) is 0.238. The number of amides is 2. The molecule has 0 unspecified atom stereocenters. The third-order valence-corrected chi connectivity index (χ3v) is 5.55. The molecule has 0 saturated carbocycles. The van der Waals surface area contributed by atoms with Crippen LogP contribution < -0.4 is 10.6 Å². The van der Waals surface area contributed by atoms with Crippen LogP contribution in [-0.2, 0) is 22.6 Å². The average Bonchev–Trinajstić information content (AvgIpc) is 3.16. The van der Waals surface area contributed by atoms with E-state index < -0.39 is 10.7 Å². The highest BCUT2D eigenvalue weighted by atomic mass is 32.2. The largest absolute Gasteiger partial charge is 0.326 e. The lowest BCUT2D eigenvalue weighted by molar-refractivity contribution is -0.385. The van der Waals surface area contributed by atoms with Crippen LogP contribution in [0.2, 0.25) is 0 Å². The third kappa shape index (κ3) is 6.35. The van der Waals surface area contributed by atoms with Gasteiger partial charge in [0, 0.05) is 29.5 Å². The number of aromatic nitrogens is 3. The van der Waals surface area contributed by atoms with Crippen molar-refractivity contribution in [2.24, 2.45) is 0 Å². The van der Waals surface area contributed by atoms with E-state index in [4.69, 9.17) is 0 Å². The van der Waals surface area contributed by atoms with E-state index in [1.807, 2.05) is 6.92 Å². The molecule has 0 spiro atoms. The summed E-state index contributed by atoms with van der Waals surface area (Å²) >= 11 is 1.14. The molecule has 2 amide bonds. The molecule has 0 saturated heterocycles. The van der Waals surface area contributed by atoms with Crippen LogP contribution in [0.5, 0.6) is 0 Å². The van der Waals surface area contributed by atoms with Crippen molar-refractivity contribution >= 4 is 40.6 Å². The molecule has 0 aliphatic carbocycles. The number of hydrogen-bond acceptors (Lipinski definition) is 7. The van der Waals surface area contributed by atoms with Gasteiger partial charge in [-0.05, 0) is 44.2 Å². The van der Waals surface area contributed by atoms with Gasteiger partial charge in [-0.1, -0.05) is 17.8 Å². The van der Waals surface area contributed by atoms with Crippen LogP contribution in [0.25, 0.3) is 0 Å². The lowest BCUT2D eigenvalue weighted by Crippen LogP contribution is -2.18. The SMILES string of the molecule is CCn1c(CC(=O)Nc2ccc(F)cc2)nnc1SCC(=O)Nc1ccc(C)c([N+](=O)[O-])c1. The minimum absolute atomic E-state index is 0.00157. The second-order valence-corrected chi connectivity index (χ2v) is 7.91. The number of thioether (sulfide) groups is 1. The minimum Gasteiger partial charge on any atom is -0.326 e. The van der Waals surface area contributed by atoms with Crippen LogP contribution >= 0.6 is 11.8 Å². The minimum atomic E-state index is -0.503. The molecule has 3 rings (SSSR count). The van der Waals surface area contributed by atoms with Gasteiger partial charge in [0.05, 0.1) is 17.1 Å². The lowest BCUT2D eigenvalue weighted by Gasteiger charge is -2.09. The maximum absolute atomic E-state index is 13.0. The molecular weight excluding hydrogens is 451 g/mol. The van der Waals surface area contributed by atoms with Gasteiger partial charge in [0.1, 0.15) is 11.6 Å². The third-order valence-electron chi connectivity index (χ3n) is 4.58. The summed E-state index contributed by atoms with van der Waals surface area (Å²) in [6, 6.07) is 9.89. The Bertz CT molecular complexity index is 1180. The van der Waals surface area contributed by atoms with E-state index in [9.17, 15) is 24.1 Å². The fourth-order valence-electron chi connectivity index (χ4n) is 2.97. The number of halogens is 1. The first-order valence-corrected chi connectivity index (χ1v) is 10.9. The first-order chi connectivity index (χ1) is 15.8.